The molecule has 0 bridgehead atoms. The first-order valence-electron chi connectivity index (χ1n) is 9.19. The molecule has 1 saturated carbocycles. The molecule has 7 heteroatoms. The van der Waals surface area contributed by atoms with Gasteiger partial charge in [0.1, 0.15) is 6.54 Å². The molecule has 144 valence electrons. The Morgan fingerprint density at radius 2 is 1.92 bits per heavy atom. The summed E-state index contributed by atoms with van der Waals surface area (Å²) in [6.45, 7) is 5.63. The van der Waals surface area contributed by atoms with Crippen molar-refractivity contribution >= 4 is 51.8 Å². The fourth-order valence-corrected chi connectivity index (χ4v) is 4.10. The summed E-state index contributed by atoms with van der Waals surface area (Å²) in [6, 6.07) is 8.43. The van der Waals surface area contributed by atoms with Crippen LogP contribution in [0.15, 0.2) is 33.7 Å². The maximum Gasteiger partial charge on any atom is 0.244 e. The largest absolute Gasteiger partial charge is 0.357 e. The number of likely N-dealkylation sites (tertiary alicyclic amines) is 1. The van der Waals surface area contributed by atoms with Crippen molar-refractivity contribution in [1.82, 2.24) is 15.5 Å². The zero-order valence-electron chi connectivity index (χ0n) is 15.3. The van der Waals surface area contributed by atoms with Gasteiger partial charge in [-0.1, -0.05) is 34.1 Å². The smallest absolute Gasteiger partial charge is 0.244 e. The summed E-state index contributed by atoms with van der Waals surface area (Å²) in [4.78, 5) is 18.6. The maximum absolute atomic E-state index is 12.2. The summed E-state index contributed by atoms with van der Waals surface area (Å²) >= 11 is 3.67. The molecule has 3 rings (SSSR count). The van der Waals surface area contributed by atoms with Crippen LogP contribution in [-0.2, 0) is 10.2 Å². The number of hydrogen-bond donors (Lipinski definition) is 2. The van der Waals surface area contributed by atoms with Crippen molar-refractivity contribution in [1.29, 1.82) is 0 Å². The van der Waals surface area contributed by atoms with Crippen molar-refractivity contribution in [2.45, 2.75) is 38.0 Å². The van der Waals surface area contributed by atoms with E-state index >= 15 is 0 Å². The standard InChI is InChI=1S/C19H27BrN4O.HI/c1-2-21-18(22-13-17(25)24-11-5-6-12-24)23-14-19(9-10-19)15-7-3-4-8-16(15)20;/h3-4,7-8H,2,5-6,9-14H2,1H3,(H2,21,22,23);1H. The number of nitrogens with one attached hydrogen (secondary N) is 2. The summed E-state index contributed by atoms with van der Waals surface area (Å²) in [7, 11) is 0. The first kappa shape index (κ1) is 21.5. The molecule has 1 amide bonds. The second-order valence-corrected chi connectivity index (χ2v) is 7.75. The fourth-order valence-electron chi connectivity index (χ4n) is 3.39. The van der Waals surface area contributed by atoms with Gasteiger partial charge < -0.3 is 15.5 Å². The Labute approximate surface area is 181 Å². The fraction of sp³-hybridized carbons (Fsp3) is 0.579. The summed E-state index contributed by atoms with van der Waals surface area (Å²) < 4.78 is 1.17. The van der Waals surface area contributed by atoms with Crippen LogP contribution in [0.2, 0.25) is 0 Å². The summed E-state index contributed by atoms with van der Waals surface area (Å²) in [5, 5.41) is 6.69. The van der Waals surface area contributed by atoms with Crippen molar-refractivity contribution in [2.24, 2.45) is 4.99 Å². The molecule has 1 saturated heterocycles. The average Bonchev–Trinajstić information content (AvgIpc) is 3.19. The number of halogens is 2. The number of carbonyl (C=O) groups excluding carboxylic acids is 1. The van der Waals surface area contributed by atoms with Gasteiger partial charge in [0.2, 0.25) is 5.91 Å². The van der Waals surface area contributed by atoms with Crippen LogP contribution >= 0.6 is 39.9 Å². The highest BCUT2D eigenvalue weighted by Crippen LogP contribution is 2.49. The lowest BCUT2D eigenvalue weighted by Crippen LogP contribution is -2.42. The number of guanidine groups is 1. The monoisotopic (exact) mass is 534 g/mol. The van der Waals surface area contributed by atoms with E-state index in [9.17, 15) is 4.79 Å². The van der Waals surface area contributed by atoms with Gasteiger partial charge in [0, 0.05) is 36.1 Å². The molecule has 1 heterocycles. The summed E-state index contributed by atoms with van der Waals surface area (Å²) in [5.41, 5.74) is 1.53. The minimum absolute atomic E-state index is 0. The predicted molar refractivity (Wildman–Crippen MR) is 120 cm³/mol. The molecule has 1 aliphatic carbocycles. The average molecular weight is 535 g/mol. The second kappa shape index (κ2) is 9.92. The van der Waals surface area contributed by atoms with Crippen LogP contribution in [0.1, 0.15) is 38.2 Å². The number of hydrogen-bond acceptors (Lipinski definition) is 2. The third-order valence-electron chi connectivity index (χ3n) is 5.07. The van der Waals surface area contributed by atoms with Crippen molar-refractivity contribution < 1.29 is 4.79 Å². The molecule has 1 aromatic rings. The zero-order valence-corrected chi connectivity index (χ0v) is 19.2. The normalized spacial score (nSPS) is 18.2. The van der Waals surface area contributed by atoms with Crippen LogP contribution in [0.5, 0.6) is 0 Å². The van der Waals surface area contributed by atoms with Gasteiger partial charge in [0.15, 0.2) is 5.96 Å². The molecule has 1 aliphatic heterocycles. The number of nitrogens with zero attached hydrogens (tertiary/aromatic N) is 2. The number of amides is 1. The molecule has 2 fully saturated rings. The molecular formula is C19H28BrIN4O. The van der Waals surface area contributed by atoms with Crippen molar-refractivity contribution in [2.75, 3.05) is 32.7 Å². The lowest BCUT2D eigenvalue weighted by atomic mass is 9.96. The van der Waals surface area contributed by atoms with Gasteiger partial charge in [-0.15, -0.1) is 24.0 Å². The first-order valence-corrected chi connectivity index (χ1v) is 9.99. The third kappa shape index (κ3) is 5.34. The molecule has 5 nitrogen and oxygen atoms in total. The number of rotatable bonds is 6. The lowest BCUT2D eigenvalue weighted by molar-refractivity contribution is -0.128. The Hall–Kier alpha value is -0.830. The van der Waals surface area contributed by atoms with Crippen LogP contribution < -0.4 is 10.6 Å². The van der Waals surface area contributed by atoms with E-state index < -0.39 is 0 Å². The zero-order chi connectivity index (χ0) is 17.7. The van der Waals surface area contributed by atoms with E-state index in [1.54, 1.807) is 0 Å². The quantitative estimate of drug-likeness (QED) is 0.334. The van der Waals surface area contributed by atoms with Gasteiger partial charge in [0.05, 0.1) is 0 Å². The molecule has 0 unspecified atom stereocenters. The SMILES string of the molecule is CCNC(=NCC(=O)N1CCCC1)NCC1(c2ccccc2Br)CC1.I. The maximum atomic E-state index is 12.2. The van der Waals surface area contributed by atoms with Crippen LogP contribution in [-0.4, -0.2) is 49.5 Å². The van der Waals surface area contributed by atoms with Crippen LogP contribution in [0.25, 0.3) is 0 Å². The van der Waals surface area contributed by atoms with Crippen molar-refractivity contribution in [3.05, 3.63) is 34.3 Å². The number of carbonyl (C=O) groups is 1. The minimum atomic E-state index is 0. The van der Waals surface area contributed by atoms with Crippen LogP contribution in [0.4, 0.5) is 0 Å². The molecule has 0 spiro atoms. The molecule has 26 heavy (non-hydrogen) atoms. The van der Waals surface area contributed by atoms with Gasteiger partial charge in [-0.2, -0.15) is 0 Å². The highest BCUT2D eigenvalue weighted by Gasteiger charge is 2.45. The van der Waals surface area contributed by atoms with Gasteiger partial charge in [-0.25, -0.2) is 4.99 Å². The van der Waals surface area contributed by atoms with Gasteiger partial charge in [0.25, 0.3) is 0 Å². The van der Waals surface area contributed by atoms with E-state index in [0.717, 1.165) is 45.0 Å². The molecule has 1 aromatic carbocycles. The summed E-state index contributed by atoms with van der Waals surface area (Å²) in [5.74, 6) is 0.856. The highest BCUT2D eigenvalue weighted by molar-refractivity contribution is 14.0. The van der Waals surface area contributed by atoms with E-state index in [2.05, 4.69) is 49.8 Å². The second-order valence-electron chi connectivity index (χ2n) is 6.90. The Morgan fingerprint density at radius 1 is 1.23 bits per heavy atom. The Morgan fingerprint density at radius 3 is 2.54 bits per heavy atom. The minimum Gasteiger partial charge on any atom is -0.357 e. The van der Waals surface area contributed by atoms with Gasteiger partial charge in [-0.05, 0) is 44.2 Å². The van der Waals surface area contributed by atoms with Gasteiger partial charge >= 0.3 is 0 Å². The van der Waals surface area contributed by atoms with E-state index in [-0.39, 0.29) is 41.8 Å². The third-order valence-corrected chi connectivity index (χ3v) is 5.76. The van der Waals surface area contributed by atoms with E-state index in [1.165, 1.54) is 22.9 Å². The van der Waals surface area contributed by atoms with E-state index in [4.69, 9.17) is 0 Å². The Kier molecular flexibility index (Phi) is 8.19. The van der Waals surface area contributed by atoms with Crippen LogP contribution in [0, 0.1) is 0 Å². The Bertz CT molecular complexity index is 642. The molecule has 0 atom stereocenters. The molecule has 2 N–H and O–H groups in total. The van der Waals surface area contributed by atoms with Crippen molar-refractivity contribution in [3.63, 3.8) is 0 Å². The lowest BCUT2D eigenvalue weighted by Gasteiger charge is -2.20. The van der Waals surface area contributed by atoms with E-state index in [0.29, 0.717) is 0 Å². The molecule has 0 radical (unpaired) electrons. The molecule has 2 aliphatic rings. The first-order chi connectivity index (χ1) is 12.1. The number of benzene rings is 1. The van der Waals surface area contributed by atoms with Crippen LogP contribution in [0.3, 0.4) is 0 Å². The van der Waals surface area contributed by atoms with E-state index in [1.807, 2.05) is 17.9 Å². The highest BCUT2D eigenvalue weighted by atomic mass is 127. The predicted octanol–water partition coefficient (Wildman–Crippen LogP) is 3.28. The Balaban J connectivity index is 0.00000243. The van der Waals surface area contributed by atoms with Crippen molar-refractivity contribution in [3.8, 4) is 0 Å². The number of aliphatic imine (C=N–C) groups is 1. The molecular weight excluding hydrogens is 507 g/mol. The molecule has 0 aromatic heterocycles. The summed E-state index contributed by atoms with van der Waals surface area (Å²) in [6.07, 6.45) is 4.58. The van der Waals surface area contributed by atoms with Gasteiger partial charge in [-0.3, -0.25) is 4.79 Å². The topological polar surface area (TPSA) is 56.7 Å².